The average molecular weight is 284 g/mol. The number of nitrogens with two attached hydrogens (primary N) is 1. The molecule has 0 aliphatic heterocycles. The molecule has 2 rings (SSSR count). The van der Waals surface area contributed by atoms with E-state index in [1.165, 1.54) is 4.88 Å². The third-order valence-corrected chi connectivity index (χ3v) is 3.27. The topological polar surface area (TPSA) is 35.2 Å². The van der Waals surface area contributed by atoms with Crippen molar-refractivity contribution in [3.8, 4) is 5.75 Å². The third-order valence-electron chi connectivity index (χ3n) is 1.92. The Labute approximate surface area is 101 Å². The molecule has 0 saturated carbocycles. The molecule has 15 heavy (non-hydrogen) atoms. The minimum Gasteiger partial charge on any atom is -0.486 e. The molecule has 2 nitrogen and oxygen atoms in total. The number of halogens is 1. The van der Waals surface area contributed by atoms with E-state index in [1.54, 1.807) is 11.3 Å². The van der Waals surface area contributed by atoms with Crippen LogP contribution in [0, 0.1) is 0 Å². The van der Waals surface area contributed by atoms with Crippen molar-refractivity contribution >= 4 is 33.0 Å². The predicted molar refractivity (Wildman–Crippen MR) is 67.2 cm³/mol. The lowest BCUT2D eigenvalue weighted by Crippen LogP contribution is -1.96. The summed E-state index contributed by atoms with van der Waals surface area (Å²) in [5.41, 5.74) is 6.46. The fourth-order valence-corrected chi connectivity index (χ4v) is 2.19. The number of hydrogen-bond acceptors (Lipinski definition) is 3. The number of anilines is 1. The average Bonchev–Trinajstić information content (AvgIpc) is 2.69. The van der Waals surface area contributed by atoms with Gasteiger partial charge in [0.15, 0.2) is 0 Å². The summed E-state index contributed by atoms with van der Waals surface area (Å²) in [6.07, 6.45) is 0. The number of benzene rings is 1. The lowest BCUT2D eigenvalue weighted by Gasteiger charge is -2.07. The summed E-state index contributed by atoms with van der Waals surface area (Å²) in [6, 6.07) is 9.67. The van der Waals surface area contributed by atoms with Crippen LogP contribution in [0.1, 0.15) is 4.88 Å². The van der Waals surface area contributed by atoms with Gasteiger partial charge in [-0.2, -0.15) is 0 Å². The monoisotopic (exact) mass is 283 g/mol. The van der Waals surface area contributed by atoms with Gasteiger partial charge in [-0.15, -0.1) is 11.3 Å². The van der Waals surface area contributed by atoms with Gasteiger partial charge in [-0.05, 0) is 29.6 Å². The zero-order valence-electron chi connectivity index (χ0n) is 7.94. The van der Waals surface area contributed by atoms with Crippen LogP contribution in [0.15, 0.2) is 40.2 Å². The number of ether oxygens (including phenoxy) is 1. The lowest BCUT2D eigenvalue weighted by atomic mass is 10.3. The van der Waals surface area contributed by atoms with Gasteiger partial charge in [-0.1, -0.05) is 22.0 Å². The quantitative estimate of drug-likeness (QED) is 0.873. The molecular formula is C11H10BrNOS. The second-order valence-corrected chi connectivity index (χ2v) is 5.00. The second kappa shape index (κ2) is 4.68. The Balaban J connectivity index is 2.05. The van der Waals surface area contributed by atoms with Crippen molar-refractivity contribution in [2.24, 2.45) is 0 Å². The van der Waals surface area contributed by atoms with E-state index in [-0.39, 0.29) is 0 Å². The molecule has 2 N–H and O–H groups in total. The van der Waals surface area contributed by atoms with Gasteiger partial charge in [-0.25, -0.2) is 0 Å². The van der Waals surface area contributed by atoms with Gasteiger partial charge < -0.3 is 10.5 Å². The highest BCUT2D eigenvalue weighted by molar-refractivity contribution is 9.10. The van der Waals surface area contributed by atoms with E-state index in [9.17, 15) is 0 Å². The molecule has 0 saturated heterocycles. The zero-order chi connectivity index (χ0) is 10.7. The number of thiophene rings is 1. The van der Waals surface area contributed by atoms with Gasteiger partial charge in [0.2, 0.25) is 0 Å². The van der Waals surface area contributed by atoms with Crippen LogP contribution in [0.5, 0.6) is 5.75 Å². The molecule has 2 aromatic rings. The molecule has 0 amide bonds. The fourth-order valence-electron chi connectivity index (χ4n) is 1.19. The highest BCUT2D eigenvalue weighted by atomic mass is 79.9. The van der Waals surface area contributed by atoms with Gasteiger partial charge in [0.25, 0.3) is 0 Å². The summed E-state index contributed by atoms with van der Waals surface area (Å²) in [7, 11) is 0. The summed E-state index contributed by atoms with van der Waals surface area (Å²) in [5, 5.41) is 2.03. The Hall–Kier alpha value is -1.00. The second-order valence-electron chi connectivity index (χ2n) is 3.05. The van der Waals surface area contributed by atoms with Crippen molar-refractivity contribution in [2.75, 3.05) is 5.73 Å². The molecule has 1 heterocycles. The molecule has 0 spiro atoms. The zero-order valence-corrected chi connectivity index (χ0v) is 10.3. The van der Waals surface area contributed by atoms with Crippen molar-refractivity contribution in [1.82, 2.24) is 0 Å². The number of nitrogen functional groups attached to an aromatic ring is 1. The molecule has 4 heteroatoms. The Morgan fingerprint density at radius 1 is 1.33 bits per heavy atom. The van der Waals surface area contributed by atoms with Gasteiger partial charge >= 0.3 is 0 Å². The first-order valence-electron chi connectivity index (χ1n) is 4.46. The molecular weight excluding hydrogens is 274 g/mol. The summed E-state index contributed by atoms with van der Waals surface area (Å²) in [4.78, 5) is 1.19. The molecule has 1 aromatic heterocycles. The van der Waals surface area contributed by atoms with Crippen LogP contribution in [-0.2, 0) is 6.61 Å². The molecule has 0 unspecified atom stereocenters. The number of rotatable bonds is 3. The van der Waals surface area contributed by atoms with E-state index in [1.807, 2.05) is 35.7 Å². The van der Waals surface area contributed by atoms with Crippen LogP contribution in [-0.4, -0.2) is 0 Å². The summed E-state index contributed by atoms with van der Waals surface area (Å²) in [5.74, 6) is 0.728. The third kappa shape index (κ3) is 2.73. The van der Waals surface area contributed by atoms with Crippen molar-refractivity contribution < 1.29 is 4.74 Å². The van der Waals surface area contributed by atoms with Crippen molar-refractivity contribution in [1.29, 1.82) is 0 Å². The van der Waals surface area contributed by atoms with E-state index < -0.39 is 0 Å². The van der Waals surface area contributed by atoms with Crippen LogP contribution < -0.4 is 10.5 Å². The SMILES string of the molecule is Nc1cc(Br)ccc1OCc1cccs1. The summed E-state index contributed by atoms with van der Waals surface area (Å²) >= 11 is 5.03. The molecule has 0 radical (unpaired) electrons. The van der Waals surface area contributed by atoms with E-state index in [2.05, 4.69) is 15.9 Å². The molecule has 1 aromatic carbocycles. The molecule has 0 aliphatic carbocycles. The molecule has 0 fully saturated rings. The van der Waals surface area contributed by atoms with Gasteiger partial charge in [0.1, 0.15) is 12.4 Å². The standard InChI is InChI=1S/C11H10BrNOS/c12-8-3-4-11(10(13)6-8)14-7-9-2-1-5-15-9/h1-6H,7,13H2. The molecule has 0 aliphatic rings. The fraction of sp³-hybridized carbons (Fsp3) is 0.0909. The van der Waals surface area contributed by atoms with E-state index >= 15 is 0 Å². The predicted octanol–water partition coefficient (Wildman–Crippen LogP) is 3.67. The summed E-state index contributed by atoms with van der Waals surface area (Å²) in [6.45, 7) is 0.573. The van der Waals surface area contributed by atoms with Crippen molar-refractivity contribution in [3.63, 3.8) is 0 Å². The Bertz CT molecular complexity index is 442. The van der Waals surface area contributed by atoms with E-state index in [0.717, 1.165) is 10.2 Å². The lowest BCUT2D eigenvalue weighted by molar-refractivity contribution is 0.311. The molecule has 0 bridgehead atoms. The van der Waals surface area contributed by atoms with E-state index in [0.29, 0.717) is 12.3 Å². The Morgan fingerprint density at radius 3 is 2.87 bits per heavy atom. The first-order chi connectivity index (χ1) is 7.25. The molecule has 78 valence electrons. The summed E-state index contributed by atoms with van der Waals surface area (Å²) < 4.78 is 6.56. The molecule has 0 atom stereocenters. The van der Waals surface area contributed by atoms with Gasteiger partial charge in [0.05, 0.1) is 5.69 Å². The van der Waals surface area contributed by atoms with Crippen LogP contribution in [0.3, 0.4) is 0 Å². The minimum absolute atomic E-state index is 0.573. The van der Waals surface area contributed by atoms with Crippen LogP contribution in [0.2, 0.25) is 0 Å². The van der Waals surface area contributed by atoms with Crippen molar-refractivity contribution in [2.45, 2.75) is 6.61 Å². The maximum atomic E-state index is 5.81. The van der Waals surface area contributed by atoms with Crippen LogP contribution in [0.25, 0.3) is 0 Å². The largest absolute Gasteiger partial charge is 0.486 e. The first kappa shape index (κ1) is 10.5. The van der Waals surface area contributed by atoms with Gasteiger partial charge in [0, 0.05) is 9.35 Å². The Kier molecular flexibility index (Phi) is 3.28. The number of hydrogen-bond donors (Lipinski definition) is 1. The minimum atomic E-state index is 0.573. The van der Waals surface area contributed by atoms with E-state index in [4.69, 9.17) is 10.5 Å². The first-order valence-corrected chi connectivity index (χ1v) is 6.13. The maximum Gasteiger partial charge on any atom is 0.142 e. The van der Waals surface area contributed by atoms with Crippen LogP contribution in [0.4, 0.5) is 5.69 Å². The smallest absolute Gasteiger partial charge is 0.142 e. The normalized spacial score (nSPS) is 10.2. The van der Waals surface area contributed by atoms with Crippen molar-refractivity contribution in [3.05, 3.63) is 45.1 Å². The van der Waals surface area contributed by atoms with Gasteiger partial charge in [-0.3, -0.25) is 0 Å². The Morgan fingerprint density at radius 2 is 2.20 bits per heavy atom. The highest BCUT2D eigenvalue weighted by Gasteiger charge is 2.01. The maximum absolute atomic E-state index is 5.81. The van der Waals surface area contributed by atoms with Crippen LogP contribution >= 0.6 is 27.3 Å². The highest BCUT2D eigenvalue weighted by Crippen LogP contribution is 2.26.